The first-order valence-corrected chi connectivity index (χ1v) is 4.67. The number of benzene rings is 1. The van der Waals surface area contributed by atoms with Crippen LogP contribution in [0.15, 0.2) is 18.2 Å². The Labute approximate surface area is 98.2 Å². The fraction of sp³-hybridized carbons (Fsp3) is 0.111. The molecule has 0 saturated heterocycles. The molecular weight excluding hydrogens is 250 g/mol. The van der Waals surface area contributed by atoms with E-state index >= 15 is 0 Å². The van der Waals surface area contributed by atoms with Gasteiger partial charge in [0.2, 0.25) is 0 Å². The lowest BCUT2D eigenvalue weighted by molar-refractivity contribution is -0.394. The normalized spacial score (nSPS) is 10.8. The molecule has 2 rings (SSSR count). The van der Waals surface area contributed by atoms with Gasteiger partial charge in [0.1, 0.15) is 5.75 Å². The third kappa shape index (κ3) is 2.10. The smallest absolute Gasteiger partial charge is 0.453 e. The van der Waals surface area contributed by atoms with Crippen LogP contribution in [0.5, 0.6) is 5.75 Å². The van der Waals surface area contributed by atoms with Gasteiger partial charge in [-0.1, -0.05) is 5.10 Å². The first-order valence-electron chi connectivity index (χ1n) is 4.67. The van der Waals surface area contributed by atoms with Crippen LogP contribution < -0.4 is 0 Å². The van der Waals surface area contributed by atoms with E-state index in [1.165, 1.54) is 6.07 Å². The van der Waals surface area contributed by atoms with Crippen LogP contribution in [0.2, 0.25) is 0 Å². The zero-order valence-electron chi connectivity index (χ0n) is 8.67. The van der Waals surface area contributed by atoms with E-state index in [4.69, 9.17) is 0 Å². The third-order valence-corrected chi connectivity index (χ3v) is 2.17. The average molecular weight is 256 g/mol. The fourth-order valence-corrected chi connectivity index (χ4v) is 1.33. The minimum Gasteiger partial charge on any atom is -0.507 e. The largest absolute Gasteiger partial charge is 0.507 e. The van der Waals surface area contributed by atoms with Crippen molar-refractivity contribution in [1.29, 1.82) is 0 Å². The van der Waals surface area contributed by atoms with Crippen molar-refractivity contribution < 1.29 is 18.8 Å². The monoisotopic (exact) mass is 256 g/mol. The molecule has 1 heterocycles. The molecule has 0 atom stereocenters. The highest BCUT2D eigenvalue weighted by atomic mass is 19.3. The Hall–Kier alpha value is -2.58. The fourth-order valence-electron chi connectivity index (χ4n) is 1.33. The van der Waals surface area contributed by atoms with Crippen molar-refractivity contribution in [1.82, 2.24) is 15.2 Å². The van der Waals surface area contributed by atoms with Crippen molar-refractivity contribution in [2.75, 3.05) is 0 Å². The van der Waals surface area contributed by atoms with Crippen LogP contribution in [0, 0.1) is 10.1 Å². The summed E-state index contributed by atoms with van der Waals surface area (Å²) in [6.45, 7) is 0. The first-order chi connectivity index (χ1) is 8.49. The van der Waals surface area contributed by atoms with Crippen molar-refractivity contribution in [3.63, 3.8) is 0 Å². The number of halogens is 2. The maximum absolute atomic E-state index is 12.4. The number of aromatic hydroxyl groups is 1. The molecule has 1 aromatic heterocycles. The van der Waals surface area contributed by atoms with E-state index in [1.807, 2.05) is 0 Å². The highest BCUT2D eigenvalue weighted by Crippen LogP contribution is 2.31. The highest BCUT2D eigenvalue weighted by molar-refractivity contribution is 5.59. The average Bonchev–Trinajstić information content (AvgIpc) is 2.77. The predicted octanol–water partition coefficient (Wildman–Crippen LogP) is 2.02. The Balaban J connectivity index is 2.39. The maximum atomic E-state index is 12.4. The quantitative estimate of drug-likeness (QED) is 0.645. The van der Waals surface area contributed by atoms with Crippen LogP contribution in [0.4, 0.5) is 14.7 Å². The number of hydrogen-bond acceptors (Lipinski definition) is 5. The van der Waals surface area contributed by atoms with E-state index in [9.17, 15) is 24.0 Å². The molecule has 0 amide bonds. The summed E-state index contributed by atoms with van der Waals surface area (Å²) in [6.07, 6.45) is -2.81. The number of phenolic OH excluding ortho intramolecular Hbond substituents is 1. The number of aromatic amines is 1. The van der Waals surface area contributed by atoms with Crippen molar-refractivity contribution >= 4 is 5.95 Å². The van der Waals surface area contributed by atoms with Gasteiger partial charge in [-0.2, -0.15) is 0 Å². The van der Waals surface area contributed by atoms with Gasteiger partial charge in [0.15, 0.2) is 0 Å². The number of alkyl halides is 2. The van der Waals surface area contributed by atoms with E-state index in [1.54, 1.807) is 0 Å². The molecule has 94 valence electrons. The van der Waals surface area contributed by atoms with Gasteiger partial charge in [0.05, 0.1) is 5.56 Å². The molecule has 0 aliphatic rings. The number of aromatic nitrogens is 3. The summed E-state index contributed by atoms with van der Waals surface area (Å²) in [5, 5.41) is 25.4. The molecule has 0 radical (unpaired) electrons. The lowest BCUT2D eigenvalue weighted by Gasteiger charge is -2.03. The van der Waals surface area contributed by atoms with Gasteiger partial charge in [-0.15, -0.1) is 5.10 Å². The molecule has 2 aromatic rings. The van der Waals surface area contributed by atoms with Crippen LogP contribution in [0.3, 0.4) is 0 Å². The standard InChI is InChI=1S/C9H6F2N4O3/c10-7(11)5-2-1-4(3-6(5)16)8-12-9(14-13-8)15(17)18/h1-3,7,16H,(H,12,13,14). The summed E-state index contributed by atoms with van der Waals surface area (Å²) < 4.78 is 24.8. The highest BCUT2D eigenvalue weighted by Gasteiger charge is 2.18. The van der Waals surface area contributed by atoms with E-state index < -0.39 is 28.6 Å². The number of nitro groups is 1. The van der Waals surface area contributed by atoms with Gasteiger partial charge in [0.25, 0.3) is 12.2 Å². The molecule has 0 fully saturated rings. The Morgan fingerprint density at radius 3 is 2.67 bits per heavy atom. The number of nitrogens with one attached hydrogen (secondary N) is 1. The van der Waals surface area contributed by atoms with Gasteiger partial charge in [-0.3, -0.25) is 0 Å². The molecule has 2 N–H and O–H groups in total. The molecule has 0 bridgehead atoms. The third-order valence-electron chi connectivity index (χ3n) is 2.17. The molecule has 7 nitrogen and oxygen atoms in total. The van der Waals surface area contributed by atoms with Gasteiger partial charge < -0.3 is 15.2 Å². The molecule has 0 spiro atoms. The summed E-state index contributed by atoms with van der Waals surface area (Å²) >= 11 is 0. The second-order valence-electron chi connectivity index (χ2n) is 3.31. The molecule has 0 saturated carbocycles. The van der Waals surface area contributed by atoms with Crippen LogP contribution in [-0.2, 0) is 0 Å². The summed E-state index contributed by atoms with van der Waals surface area (Å²) in [7, 11) is 0. The number of rotatable bonds is 3. The van der Waals surface area contributed by atoms with Crippen molar-refractivity contribution in [3.05, 3.63) is 33.9 Å². The molecule has 1 aromatic carbocycles. The Morgan fingerprint density at radius 2 is 2.17 bits per heavy atom. The molecule has 0 aliphatic carbocycles. The minimum absolute atomic E-state index is 0.0576. The summed E-state index contributed by atoms with van der Waals surface area (Å²) in [6, 6.07) is 3.28. The minimum atomic E-state index is -2.81. The van der Waals surface area contributed by atoms with Crippen LogP contribution in [0.25, 0.3) is 11.4 Å². The van der Waals surface area contributed by atoms with Gasteiger partial charge in [0, 0.05) is 5.56 Å². The zero-order valence-corrected chi connectivity index (χ0v) is 8.67. The molecule has 0 unspecified atom stereocenters. The second-order valence-corrected chi connectivity index (χ2v) is 3.31. The first kappa shape index (κ1) is 11.9. The maximum Gasteiger partial charge on any atom is 0.453 e. The SMILES string of the molecule is O=[N+]([O-])c1nc(-c2ccc(C(F)F)c(O)c2)n[nH]1. The summed E-state index contributed by atoms with van der Waals surface area (Å²) in [5.41, 5.74) is -0.329. The predicted molar refractivity (Wildman–Crippen MR) is 55.1 cm³/mol. The topological polar surface area (TPSA) is 105 Å². The van der Waals surface area contributed by atoms with Gasteiger partial charge in [-0.05, 0) is 28.1 Å². The Kier molecular flexibility index (Phi) is 2.88. The van der Waals surface area contributed by atoms with Crippen molar-refractivity contribution in [2.45, 2.75) is 6.43 Å². The molecule has 18 heavy (non-hydrogen) atoms. The Bertz CT molecular complexity index is 599. The van der Waals surface area contributed by atoms with E-state index in [-0.39, 0.29) is 11.4 Å². The van der Waals surface area contributed by atoms with E-state index in [2.05, 4.69) is 15.2 Å². The number of hydrogen-bond donors (Lipinski definition) is 2. The molecule has 9 heteroatoms. The van der Waals surface area contributed by atoms with Crippen molar-refractivity contribution in [3.8, 4) is 17.1 Å². The van der Waals surface area contributed by atoms with Crippen LogP contribution >= 0.6 is 0 Å². The van der Waals surface area contributed by atoms with E-state index in [0.29, 0.717) is 0 Å². The second kappa shape index (κ2) is 4.35. The van der Waals surface area contributed by atoms with Crippen LogP contribution in [0.1, 0.15) is 12.0 Å². The van der Waals surface area contributed by atoms with E-state index in [0.717, 1.165) is 12.1 Å². The van der Waals surface area contributed by atoms with Crippen LogP contribution in [-0.4, -0.2) is 25.2 Å². The number of phenols is 1. The summed E-state index contributed by atoms with van der Waals surface area (Å²) in [5.74, 6) is -1.24. The van der Waals surface area contributed by atoms with Gasteiger partial charge in [-0.25, -0.2) is 8.78 Å². The zero-order chi connectivity index (χ0) is 13.3. The lowest BCUT2D eigenvalue weighted by Crippen LogP contribution is -1.89. The molecule has 0 aliphatic heterocycles. The Morgan fingerprint density at radius 1 is 1.44 bits per heavy atom. The number of H-pyrrole nitrogens is 1. The lowest BCUT2D eigenvalue weighted by atomic mass is 10.1. The summed E-state index contributed by atoms with van der Waals surface area (Å²) in [4.78, 5) is 13.1. The number of nitrogens with zero attached hydrogens (tertiary/aromatic N) is 3. The molecular formula is C9H6F2N4O3. The van der Waals surface area contributed by atoms with Crippen molar-refractivity contribution in [2.24, 2.45) is 0 Å². The van der Waals surface area contributed by atoms with Gasteiger partial charge >= 0.3 is 5.95 Å².